The van der Waals surface area contributed by atoms with Crippen molar-refractivity contribution in [2.45, 2.75) is 30.4 Å². The number of benzene rings is 2. The van der Waals surface area contributed by atoms with Gasteiger partial charge in [0.15, 0.2) is 0 Å². The molecule has 0 spiro atoms. The monoisotopic (exact) mass is 396 g/mol. The van der Waals surface area contributed by atoms with Crippen molar-refractivity contribution in [3.8, 4) is 16.9 Å². The molecule has 0 unspecified atom stereocenters. The van der Waals surface area contributed by atoms with Gasteiger partial charge >= 0.3 is 5.97 Å². The van der Waals surface area contributed by atoms with Gasteiger partial charge in [-0.2, -0.15) is 0 Å². The van der Waals surface area contributed by atoms with Crippen LogP contribution in [0.15, 0.2) is 70.4 Å². The smallest absolute Gasteiger partial charge is 0.342 e. The highest BCUT2D eigenvalue weighted by molar-refractivity contribution is 7.98. The van der Waals surface area contributed by atoms with Gasteiger partial charge in [0.1, 0.15) is 11.3 Å². The number of ether oxygens (including phenoxy) is 2. The van der Waals surface area contributed by atoms with Crippen molar-refractivity contribution in [2.75, 3.05) is 13.7 Å². The maximum Gasteiger partial charge on any atom is 0.342 e. The van der Waals surface area contributed by atoms with Crippen LogP contribution in [-0.4, -0.2) is 19.7 Å². The lowest BCUT2D eigenvalue weighted by Crippen LogP contribution is -2.12. The molecule has 0 N–H and O–H groups in total. The van der Waals surface area contributed by atoms with Gasteiger partial charge in [0.05, 0.1) is 26.2 Å². The molecule has 5 heteroatoms. The molecule has 0 bridgehead atoms. The second-order valence-electron chi connectivity index (χ2n) is 6.28. The first kappa shape index (κ1) is 20.1. The van der Waals surface area contributed by atoms with Gasteiger partial charge in [-0.25, -0.2) is 4.79 Å². The first-order valence-corrected chi connectivity index (χ1v) is 10.3. The Bertz CT molecular complexity index is 888. The Balaban J connectivity index is 1.96. The number of carbonyl (C=O) groups is 1. The van der Waals surface area contributed by atoms with E-state index in [1.807, 2.05) is 36.4 Å². The Kier molecular flexibility index (Phi) is 7.20. The van der Waals surface area contributed by atoms with E-state index in [-0.39, 0.29) is 5.97 Å². The fourth-order valence-electron chi connectivity index (χ4n) is 2.88. The molecular formula is C23H24O4S. The van der Waals surface area contributed by atoms with Crippen molar-refractivity contribution in [1.29, 1.82) is 0 Å². The summed E-state index contributed by atoms with van der Waals surface area (Å²) in [5.74, 6) is 0.818. The molecule has 146 valence electrons. The highest BCUT2D eigenvalue weighted by atomic mass is 32.2. The molecule has 0 saturated heterocycles. The van der Waals surface area contributed by atoms with E-state index in [1.54, 1.807) is 31.4 Å². The third-order valence-electron chi connectivity index (χ3n) is 4.35. The van der Waals surface area contributed by atoms with Crippen molar-refractivity contribution >= 4 is 17.7 Å². The van der Waals surface area contributed by atoms with E-state index in [4.69, 9.17) is 13.9 Å². The summed E-state index contributed by atoms with van der Waals surface area (Å²) in [7, 11) is 1.58. The molecule has 0 aliphatic heterocycles. The number of rotatable bonds is 9. The van der Waals surface area contributed by atoms with Crippen molar-refractivity contribution < 1.29 is 18.7 Å². The van der Waals surface area contributed by atoms with Gasteiger partial charge in [0.25, 0.3) is 0 Å². The first-order valence-electron chi connectivity index (χ1n) is 9.32. The fourth-order valence-corrected chi connectivity index (χ4v) is 3.80. The summed E-state index contributed by atoms with van der Waals surface area (Å²) < 4.78 is 16.4. The molecule has 0 atom stereocenters. The number of esters is 1. The molecule has 0 radical (unpaired) electrons. The molecule has 0 amide bonds. The van der Waals surface area contributed by atoms with Gasteiger partial charge in [0, 0.05) is 21.8 Å². The van der Waals surface area contributed by atoms with Crippen LogP contribution in [0.2, 0.25) is 0 Å². The summed E-state index contributed by atoms with van der Waals surface area (Å²) in [6.45, 7) is 2.47. The molecule has 0 fully saturated rings. The molecule has 0 aliphatic rings. The fraction of sp³-hybridized carbons (Fsp3) is 0.261. The summed E-state index contributed by atoms with van der Waals surface area (Å²) in [5, 5.41) is 0. The van der Waals surface area contributed by atoms with Gasteiger partial charge < -0.3 is 13.9 Å². The summed E-state index contributed by atoms with van der Waals surface area (Å²) in [6, 6.07) is 15.9. The summed E-state index contributed by atoms with van der Waals surface area (Å²) in [4.78, 5) is 14.1. The molecule has 3 rings (SSSR count). The molecule has 0 aliphatic carbocycles. The Labute approximate surface area is 169 Å². The van der Waals surface area contributed by atoms with E-state index in [2.05, 4.69) is 19.1 Å². The number of hydrogen-bond donors (Lipinski definition) is 0. The van der Waals surface area contributed by atoms with E-state index < -0.39 is 0 Å². The van der Waals surface area contributed by atoms with Crippen LogP contribution in [0.4, 0.5) is 0 Å². The molecule has 3 aromatic rings. The van der Waals surface area contributed by atoms with Gasteiger partial charge in [-0.15, -0.1) is 11.8 Å². The Morgan fingerprint density at radius 3 is 2.61 bits per heavy atom. The Hall–Kier alpha value is -2.66. The number of carbonyl (C=O) groups excluding carboxylic acids is 1. The number of methoxy groups -OCH3 is 1. The predicted molar refractivity (Wildman–Crippen MR) is 112 cm³/mol. The standard InChI is InChI=1S/C23H24O4S/c1-3-4-13-27-23(24)21-18(16-28-19-8-6-5-7-9-19)10-11-20(22(21)25-2)17-12-14-26-15-17/h5-12,14-15H,3-4,13,16H2,1-2H3. The number of hydrogen-bond acceptors (Lipinski definition) is 5. The topological polar surface area (TPSA) is 48.7 Å². The van der Waals surface area contributed by atoms with Crippen LogP contribution >= 0.6 is 11.8 Å². The van der Waals surface area contributed by atoms with E-state index >= 15 is 0 Å². The van der Waals surface area contributed by atoms with E-state index in [0.29, 0.717) is 23.7 Å². The summed E-state index contributed by atoms with van der Waals surface area (Å²) >= 11 is 1.67. The molecule has 0 saturated carbocycles. The minimum atomic E-state index is -0.348. The van der Waals surface area contributed by atoms with Crippen molar-refractivity contribution in [1.82, 2.24) is 0 Å². The average molecular weight is 397 g/mol. The maximum absolute atomic E-state index is 12.9. The highest BCUT2D eigenvalue weighted by Crippen LogP contribution is 2.38. The second kappa shape index (κ2) is 10.0. The lowest BCUT2D eigenvalue weighted by Gasteiger charge is -2.16. The zero-order valence-electron chi connectivity index (χ0n) is 16.1. The van der Waals surface area contributed by atoms with Gasteiger partial charge in [0.2, 0.25) is 0 Å². The average Bonchev–Trinajstić information content (AvgIpc) is 3.27. The third kappa shape index (κ3) is 4.78. The van der Waals surface area contributed by atoms with Gasteiger partial charge in [-0.3, -0.25) is 0 Å². The van der Waals surface area contributed by atoms with Crippen molar-refractivity contribution in [2.24, 2.45) is 0 Å². The van der Waals surface area contributed by atoms with Crippen LogP contribution in [-0.2, 0) is 10.5 Å². The predicted octanol–water partition coefficient (Wildman–Crippen LogP) is 6.20. The molecule has 28 heavy (non-hydrogen) atoms. The minimum Gasteiger partial charge on any atom is -0.495 e. The van der Waals surface area contributed by atoms with Crippen LogP contribution in [0.3, 0.4) is 0 Å². The normalized spacial score (nSPS) is 10.6. The molecule has 1 aromatic heterocycles. The van der Waals surface area contributed by atoms with Crippen molar-refractivity contribution in [3.63, 3.8) is 0 Å². The highest BCUT2D eigenvalue weighted by Gasteiger charge is 2.23. The second-order valence-corrected chi connectivity index (χ2v) is 7.33. The zero-order valence-corrected chi connectivity index (χ0v) is 17.0. The SMILES string of the molecule is CCCCOC(=O)c1c(CSc2ccccc2)ccc(-c2ccoc2)c1OC. The van der Waals surface area contributed by atoms with E-state index in [9.17, 15) is 4.79 Å². The zero-order chi connectivity index (χ0) is 19.8. The van der Waals surface area contributed by atoms with Crippen LogP contribution in [0, 0.1) is 0 Å². The molecule has 4 nitrogen and oxygen atoms in total. The largest absolute Gasteiger partial charge is 0.495 e. The molecular weight excluding hydrogens is 372 g/mol. The number of thioether (sulfide) groups is 1. The van der Waals surface area contributed by atoms with Crippen LogP contribution in [0.25, 0.3) is 11.1 Å². The summed E-state index contributed by atoms with van der Waals surface area (Å²) in [5.41, 5.74) is 3.05. The lowest BCUT2D eigenvalue weighted by atomic mass is 9.99. The van der Waals surface area contributed by atoms with Gasteiger partial charge in [-0.05, 0) is 30.2 Å². The number of unbranched alkanes of at least 4 members (excludes halogenated alkanes) is 1. The van der Waals surface area contributed by atoms with E-state index in [0.717, 1.165) is 34.4 Å². The maximum atomic E-state index is 12.9. The van der Waals surface area contributed by atoms with Crippen LogP contribution < -0.4 is 4.74 Å². The lowest BCUT2D eigenvalue weighted by molar-refractivity contribution is 0.0495. The quantitative estimate of drug-likeness (QED) is 0.245. The number of furan rings is 1. The van der Waals surface area contributed by atoms with Crippen molar-refractivity contribution in [3.05, 3.63) is 72.2 Å². The summed E-state index contributed by atoms with van der Waals surface area (Å²) in [6.07, 6.45) is 5.05. The minimum absolute atomic E-state index is 0.348. The Morgan fingerprint density at radius 1 is 1.11 bits per heavy atom. The van der Waals surface area contributed by atoms with Gasteiger partial charge in [-0.1, -0.05) is 43.7 Å². The third-order valence-corrected chi connectivity index (χ3v) is 5.41. The van der Waals surface area contributed by atoms with Crippen LogP contribution in [0.5, 0.6) is 5.75 Å². The van der Waals surface area contributed by atoms with Crippen LogP contribution in [0.1, 0.15) is 35.7 Å². The van der Waals surface area contributed by atoms with E-state index in [1.165, 1.54) is 0 Å². The molecule has 2 aromatic carbocycles. The Morgan fingerprint density at radius 2 is 1.93 bits per heavy atom. The first-order chi connectivity index (χ1) is 13.7. The molecule has 1 heterocycles.